The number of aromatic nitrogens is 4. The lowest BCUT2D eigenvalue weighted by atomic mass is 10.2. The number of rotatable bonds is 8. The van der Waals surface area contributed by atoms with Crippen molar-refractivity contribution in [2.24, 2.45) is 0 Å². The quantitative estimate of drug-likeness (QED) is 0.317. The maximum absolute atomic E-state index is 5.47. The summed E-state index contributed by atoms with van der Waals surface area (Å²) in [6.07, 6.45) is 0. The van der Waals surface area contributed by atoms with Gasteiger partial charge in [-0.1, -0.05) is 47.8 Å². The van der Waals surface area contributed by atoms with Crippen LogP contribution in [0.1, 0.15) is 22.5 Å². The highest BCUT2D eigenvalue weighted by Crippen LogP contribution is 2.26. The van der Waals surface area contributed by atoms with Crippen molar-refractivity contribution in [2.75, 3.05) is 62.4 Å². The molecular weight excluding hydrogens is 492 g/mol. The predicted molar refractivity (Wildman–Crippen MR) is 145 cm³/mol. The van der Waals surface area contributed by atoms with Crippen molar-refractivity contribution in [3.8, 4) is 0 Å². The van der Waals surface area contributed by atoms with Crippen LogP contribution in [0.5, 0.6) is 0 Å². The van der Waals surface area contributed by atoms with Crippen LogP contribution >= 0.6 is 23.5 Å². The van der Waals surface area contributed by atoms with Gasteiger partial charge in [-0.2, -0.15) is 0 Å². The number of aryl methyl sites for hydroxylation is 2. The van der Waals surface area contributed by atoms with Crippen molar-refractivity contribution < 1.29 is 9.47 Å². The van der Waals surface area contributed by atoms with Crippen LogP contribution in [0.3, 0.4) is 0 Å². The van der Waals surface area contributed by atoms with Crippen LogP contribution in [-0.4, -0.2) is 72.5 Å². The SMILES string of the molecule is Cc1cc(N2CCOCC2)nc(SCc2ccc(CSc3nc(C)cc(N4CCOCC4)n3)cc2)n1. The highest BCUT2D eigenvalue weighted by atomic mass is 32.2. The van der Waals surface area contributed by atoms with Crippen LogP contribution in [0.2, 0.25) is 0 Å². The van der Waals surface area contributed by atoms with Gasteiger partial charge in [-0.15, -0.1) is 0 Å². The Kier molecular flexibility index (Phi) is 8.58. The maximum atomic E-state index is 5.47. The number of hydrogen-bond acceptors (Lipinski definition) is 10. The van der Waals surface area contributed by atoms with Gasteiger partial charge >= 0.3 is 0 Å². The van der Waals surface area contributed by atoms with Crippen molar-refractivity contribution in [3.63, 3.8) is 0 Å². The van der Waals surface area contributed by atoms with Crippen LogP contribution in [0, 0.1) is 13.8 Å². The summed E-state index contributed by atoms with van der Waals surface area (Å²) in [7, 11) is 0. The molecule has 8 nitrogen and oxygen atoms in total. The second kappa shape index (κ2) is 12.2. The van der Waals surface area contributed by atoms with Gasteiger partial charge in [0.2, 0.25) is 0 Å². The molecule has 2 fully saturated rings. The van der Waals surface area contributed by atoms with E-state index in [0.717, 1.165) is 97.4 Å². The molecule has 190 valence electrons. The summed E-state index contributed by atoms with van der Waals surface area (Å²) in [5.74, 6) is 3.67. The molecule has 0 radical (unpaired) electrons. The molecule has 0 unspecified atom stereocenters. The highest BCUT2D eigenvalue weighted by molar-refractivity contribution is 7.98. The smallest absolute Gasteiger partial charge is 0.190 e. The molecule has 0 saturated carbocycles. The minimum atomic E-state index is 0.751. The minimum Gasteiger partial charge on any atom is -0.378 e. The largest absolute Gasteiger partial charge is 0.378 e. The van der Waals surface area contributed by atoms with Gasteiger partial charge < -0.3 is 19.3 Å². The molecule has 5 rings (SSSR count). The Morgan fingerprint density at radius 3 is 1.42 bits per heavy atom. The van der Waals surface area contributed by atoms with Crippen molar-refractivity contribution in [3.05, 3.63) is 58.9 Å². The normalized spacial score (nSPS) is 16.4. The molecule has 0 atom stereocenters. The van der Waals surface area contributed by atoms with Crippen LogP contribution in [-0.2, 0) is 21.0 Å². The Morgan fingerprint density at radius 1 is 0.639 bits per heavy atom. The average molecular weight is 525 g/mol. The molecule has 0 bridgehead atoms. The van der Waals surface area contributed by atoms with E-state index in [1.54, 1.807) is 23.5 Å². The molecule has 0 amide bonds. The van der Waals surface area contributed by atoms with Crippen LogP contribution in [0.25, 0.3) is 0 Å². The second-order valence-corrected chi connectivity index (χ2v) is 10.8. The van der Waals surface area contributed by atoms with Gasteiger partial charge in [-0.3, -0.25) is 0 Å². The number of anilines is 2. The lowest BCUT2D eigenvalue weighted by molar-refractivity contribution is 0.122. The summed E-state index contributed by atoms with van der Waals surface area (Å²) >= 11 is 3.36. The zero-order chi connectivity index (χ0) is 24.7. The first kappa shape index (κ1) is 25.3. The fourth-order valence-electron chi connectivity index (χ4n) is 4.12. The molecule has 0 aliphatic carbocycles. The van der Waals surface area contributed by atoms with Crippen molar-refractivity contribution >= 4 is 35.2 Å². The monoisotopic (exact) mass is 524 g/mol. The van der Waals surface area contributed by atoms with Gasteiger partial charge in [0.05, 0.1) is 26.4 Å². The molecule has 0 spiro atoms. The van der Waals surface area contributed by atoms with Gasteiger partial charge in [-0.05, 0) is 25.0 Å². The molecule has 2 aliphatic heterocycles. The maximum Gasteiger partial charge on any atom is 0.190 e. The highest BCUT2D eigenvalue weighted by Gasteiger charge is 2.16. The van der Waals surface area contributed by atoms with Gasteiger partial charge in [0, 0.05) is 61.2 Å². The predicted octanol–water partition coefficient (Wildman–Crippen LogP) is 4.14. The van der Waals surface area contributed by atoms with E-state index in [4.69, 9.17) is 19.4 Å². The van der Waals surface area contributed by atoms with Crippen molar-refractivity contribution in [2.45, 2.75) is 35.7 Å². The molecule has 4 heterocycles. The Bertz CT molecular complexity index is 1060. The second-order valence-electron chi connectivity index (χ2n) is 8.89. The third-order valence-electron chi connectivity index (χ3n) is 6.07. The van der Waals surface area contributed by atoms with Gasteiger partial charge in [0.25, 0.3) is 0 Å². The van der Waals surface area contributed by atoms with Crippen molar-refractivity contribution in [1.29, 1.82) is 0 Å². The van der Waals surface area contributed by atoms with Gasteiger partial charge in [0.1, 0.15) is 11.6 Å². The lowest BCUT2D eigenvalue weighted by Crippen LogP contribution is -2.36. The number of hydrogen-bond donors (Lipinski definition) is 0. The number of ether oxygens (including phenoxy) is 2. The van der Waals surface area contributed by atoms with Gasteiger partial charge in [0.15, 0.2) is 10.3 Å². The Balaban J connectivity index is 1.16. The van der Waals surface area contributed by atoms with Crippen LogP contribution in [0.15, 0.2) is 46.7 Å². The Morgan fingerprint density at radius 2 is 1.03 bits per heavy atom. The number of benzene rings is 1. The lowest BCUT2D eigenvalue weighted by Gasteiger charge is -2.28. The standard InChI is InChI=1S/C26H32N6O2S2/c1-19-15-23(31-7-11-33-12-8-31)29-25(27-19)35-17-21-3-5-22(6-4-21)18-36-26-28-20(2)16-24(30-26)32-9-13-34-14-10-32/h3-6,15-16H,7-14,17-18H2,1-2H3. The third kappa shape index (κ3) is 6.88. The summed E-state index contributed by atoms with van der Waals surface area (Å²) in [6.45, 7) is 10.6. The van der Waals surface area contributed by atoms with Crippen LogP contribution in [0.4, 0.5) is 11.6 Å². The minimum absolute atomic E-state index is 0.751. The fraction of sp³-hybridized carbons (Fsp3) is 0.462. The van der Waals surface area contributed by atoms with E-state index in [2.05, 4.69) is 56.2 Å². The number of morpholine rings is 2. The third-order valence-corrected chi connectivity index (χ3v) is 7.91. The fourth-order valence-corrected chi connectivity index (χ4v) is 5.83. The van der Waals surface area contributed by atoms with Crippen LogP contribution < -0.4 is 9.80 Å². The Hall–Kier alpha value is -2.40. The molecule has 0 N–H and O–H groups in total. The topological polar surface area (TPSA) is 76.5 Å². The molecule has 10 heteroatoms. The molecule has 36 heavy (non-hydrogen) atoms. The van der Waals surface area contributed by atoms with E-state index in [0.29, 0.717) is 0 Å². The summed E-state index contributed by atoms with van der Waals surface area (Å²) in [5.41, 5.74) is 4.51. The van der Waals surface area contributed by atoms with Gasteiger partial charge in [-0.25, -0.2) is 19.9 Å². The summed E-state index contributed by atoms with van der Waals surface area (Å²) < 4.78 is 10.9. The summed E-state index contributed by atoms with van der Waals surface area (Å²) in [5, 5.41) is 1.65. The number of nitrogens with zero attached hydrogens (tertiary/aromatic N) is 6. The molecular formula is C26H32N6O2S2. The molecule has 2 aliphatic rings. The van der Waals surface area contributed by atoms with E-state index >= 15 is 0 Å². The average Bonchev–Trinajstić information content (AvgIpc) is 2.92. The van der Waals surface area contributed by atoms with E-state index in [-0.39, 0.29) is 0 Å². The van der Waals surface area contributed by atoms with E-state index in [1.165, 1.54) is 11.1 Å². The van der Waals surface area contributed by atoms with E-state index < -0.39 is 0 Å². The van der Waals surface area contributed by atoms with Crippen molar-refractivity contribution in [1.82, 2.24) is 19.9 Å². The first-order valence-electron chi connectivity index (χ1n) is 12.3. The Labute approximate surface area is 221 Å². The zero-order valence-corrected chi connectivity index (χ0v) is 22.5. The zero-order valence-electron chi connectivity index (χ0n) is 20.9. The first-order chi connectivity index (χ1) is 17.6. The molecule has 1 aromatic carbocycles. The first-order valence-corrected chi connectivity index (χ1v) is 14.3. The van der Waals surface area contributed by atoms with E-state index in [9.17, 15) is 0 Å². The summed E-state index contributed by atoms with van der Waals surface area (Å²) in [4.78, 5) is 23.4. The molecule has 2 saturated heterocycles. The summed E-state index contributed by atoms with van der Waals surface area (Å²) in [6, 6.07) is 12.9. The van der Waals surface area contributed by atoms with E-state index in [1.807, 2.05) is 13.8 Å². The number of thioether (sulfide) groups is 2. The molecule has 2 aromatic heterocycles. The molecule has 3 aromatic rings.